The maximum Gasteiger partial charge on any atom is 0.0569 e. The molecule has 1 aromatic rings. The van der Waals surface area contributed by atoms with Gasteiger partial charge in [-0.15, -0.1) is 0 Å². The van der Waals surface area contributed by atoms with E-state index in [1.807, 2.05) is 30.9 Å². The van der Waals surface area contributed by atoms with Gasteiger partial charge >= 0.3 is 0 Å². The summed E-state index contributed by atoms with van der Waals surface area (Å²) < 4.78 is 0. The van der Waals surface area contributed by atoms with Crippen LogP contribution >= 0.6 is 11.8 Å². The molecule has 0 radical (unpaired) electrons. The van der Waals surface area contributed by atoms with Crippen molar-refractivity contribution in [2.24, 2.45) is 5.73 Å². The average Bonchev–Trinajstić information content (AvgIpc) is 2.35. The highest BCUT2D eigenvalue weighted by Crippen LogP contribution is 2.18. The van der Waals surface area contributed by atoms with E-state index in [9.17, 15) is 0 Å². The molecular formula is C13H23N3S. The second kappa shape index (κ2) is 6.87. The summed E-state index contributed by atoms with van der Waals surface area (Å²) >= 11 is 1.89. The summed E-state index contributed by atoms with van der Waals surface area (Å²) in [5.41, 5.74) is 7.89. The largest absolute Gasteiger partial charge is 0.371 e. The Balaban J connectivity index is 2.65. The van der Waals surface area contributed by atoms with Crippen LogP contribution in [0.2, 0.25) is 0 Å². The summed E-state index contributed by atoms with van der Waals surface area (Å²) in [4.78, 5) is 6.66. The molecule has 0 fully saturated rings. The molecule has 0 amide bonds. The van der Waals surface area contributed by atoms with E-state index in [2.05, 4.69) is 36.2 Å². The lowest BCUT2D eigenvalue weighted by molar-refractivity contribution is 0.667. The molecule has 1 unspecified atom stereocenters. The van der Waals surface area contributed by atoms with Gasteiger partial charge in [-0.2, -0.15) is 11.8 Å². The van der Waals surface area contributed by atoms with Crippen molar-refractivity contribution in [3.05, 3.63) is 24.0 Å². The summed E-state index contributed by atoms with van der Waals surface area (Å²) in [6, 6.07) is 4.65. The van der Waals surface area contributed by atoms with E-state index in [1.54, 1.807) is 0 Å². The predicted octanol–water partition coefficient (Wildman–Crippen LogP) is 2.68. The Morgan fingerprint density at radius 3 is 2.59 bits per heavy atom. The van der Waals surface area contributed by atoms with Crippen LogP contribution in [-0.4, -0.2) is 30.1 Å². The van der Waals surface area contributed by atoms with Gasteiger partial charge in [0.25, 0.3) is 0 Å². The summed E-state index contributed by atoms with van der Waals surface area (Å²) in [6.07, 6.45) is 5.24. The molecule has 0 aliphatic rings. The maximum atomic E-state index is 5.79. The minimum absolute atomic E-state index is 0.00303. The zero-order valence-corrected chi connectivity index (χ0v) is 12.0. The molecule has 0 saturated heterocycles. The van der Waals surface area contributed by atoms with Crippen LogP contribution in [0, 0.1) is 0 Å². The van der Waals surface area contributed by atoms with E-state index in [0.29, 0.717) is 6.04 Å². The Morgan fingerprint density at radius 2 is 2.12 bits per heavy atom. The van der Waals surface area contributed by atoms with Crippen molar-refractivity contribution in [2.75, 3.05) is 24.0 Å². The molecule has 1 heterocycles. The maximum absolute atomic E-state index is 5.79. The number of nitrogens with two attached hydrogens (primary N) is 1. The SMILES string of the molecule is CSCCC(C)N(C)c1ccc([C@@H](C)N)nc1. The summed E-state index contributed by atoms with van der Waals surface area (Å²) in [6.45, 7) is 4.20. The Bertz CT molecular complexity index is 324. The number of rotatable bonds is 6. The average molecular weight is 253 g/mol. The van der Waals surface area contributed by atoms with Crippen molar-refractivity contribution in [2.45, 2.75) is 32.4 Å². The third-order valence-electron chi connectivity index (χ3n) is 3.05. The van der Waals surface area contributed by atoms with Crippen molar-refractivity contribution in [1.82, 2.24) is 4.98 Å². The van der Waals surface area contributed by atoms with Crippen LogP contribution in [0.3, 0.4) is 0 Å². The van der Waals surface area contributed by atoms with Crippen molar-refractivity contribution in [1.29, 1.82) is 0 Å². The summed E-state index contributed by atoms with van der Waals surface area (Å²) in [7, 11) is 2.12. The first-order valence-corrected chi connectivity index (χ1v) is 7.39. The fourth-order valence-electron chi connectivity index (χ4n) is 1.61. The topological polar surface area (TPSA) is 42.1 Å². The Labute approximate surface area is 109 Å². The summed E-state index contributed by atoms with van der Waals surface area (Å²) in [5.74, 6) is 1.19. The molecule has 96 valence electrons. The zero-order valence-electron chi connectivity index (χ0n) is 11.2. The first-order chi connectivity index (χ1) is 8.06. The van der Waals surface area contributed by atoms with Crippen LogP contribution in [0.25, 0.3) is 0 Å². The second-order valence-corrected chi connectivity index (χ2v) is 5.46. The van der Waals surface area contributed by atoms with E-state index >= 15 is 0 Å². The number of hydrogen-bond acceptors (Lipinski definition) is 4. The third kappa shape index (κ3) is 4.21. The van der Waals surface area contributed by atoms with Gasteiger partial charge in [-0.05, 0) is 44.4 Å². The minimum atomic E-state index is 0.00303. The van der Waals surface area contributed by atoms with Gasteiger partial charge in [0.1, 0.15) is 0 Å². The van der Waals surface area contributed by atoms with Gasteiger partial charge in [0.2, 0.25) is 0 Å². The predicted molar refractivity (Wildman–Crippen MR) is 77.7 cm³/mol. The van der Waals surface area contributed by atoms with E-state index in [1.165, 1.54) is 12.2 Å². The lowest BCUT2D eigenvalue weighted by Gasteiger charge is -2.26. The first-order valence-electron chi connectivity index (χ1n) is 5.99. The van der Waals surface area contributed by atoms with Crippen LogP contribution in [0.15, 0.2) is 18.3 Å². The van der Waals surface area contributed by atoms with Gasteiger partial charge in [-0.25, -0.2) is 0 Å². The molecule has 0 bridgehead atoms. The van der Waals surface area contributed by atoms with E-state index in [0.717, 1.165) is 11.4 Å². The van der Waals surface area contributed by atoms with Crippen LogP contribution < -0.4 is 10.6 Å². The number of aromatic nitrogens is 1. The number of pyridine rings is 1. The van der Waals surface area contributed by atoms with Gasteiger partial charge in [0, 0.05) is 19.1 Å². The molecule has 1 rings (SSSR count). The monoisotopic (exact) mass is 253 g/mol. The van der Waals surface area contributed by atoms with Crippen LogP contribution in [0.5, 0.6) is 0 Å². The molecule has 4 heteroatoms. The molecule has 0 aliphatic heterocycles. The van der Waals surface area contributed by atoms with Crippen molar-refractivity contribution in [3.63, 3.8) is 0 Å². The molecule has 0 spiro atoms. The minimum Gasteiger partial charge on any atom is -0.371 e. The number of anilines is 1. The van der Waals surface area contributed by atoms with Crippen molar-refractivity contribution in [3.8, 4) is 0 Å². The van der Waals surface area contributed by atoms with Crippen molar-refractivity contribution >= 4 is 17.4 Å². The highest BCUT2D eigenvalue weighted by Gasteiger charge is 2.10. The molecule has 17 heavy (non-hydrogen) atoms. The highest BCUT2D eigenvalue weighted by molar-refractivity contribution is 7.98. The Hall–Kier alpha value is -0.740. The van der Waals surface area contributed by atoms with Gasteiger partial charge < -0.3 is 10.6 Å². The van der Waals surface area contributed by atoms with Crippen LogP contribution in [0.4, 0.5) is 5.69 Å². The van der Waals surface area contributed by atoms with Crippen LogP contribution in [0.1, 0.15) is 32.0 Å². The van der Waals surface area contributed by atoms with Crippen LogP contribution in [-0.2, 0) is 0 Å². The molecule has 2 N–H and O–H groups in total. The Morgan fingerprint density at radius 1 is 1.41 bits per heavy atom. The number of thioether (sulfide) groups is 1. The third-order valence-corrected chi connectivity index (χ3v) is 3.69. The molecule has 0 saturated carbocycles. The molecule has 1 aromatic heterocycles. The van der Waals surface area contributed by atoms with E-state index in [-0.39, 0.29) is 6.04 Å². The molecule has 0 aliphatic carbocycles. The fourth-order valence-corrected chi connectivity index (χ4v) is 2.19. The summed E-state index contributed by atoms with van der Waals surface area (Å²) in [5, 5.41) is 0. The molecule has 2 atom stereocenters. The fraction of sp³-hybridized carbons (Fsp3) is 0.615. The number of nitrogens with zero attached hydrogens (tertiary/aromatic N) is 2. The van der Waals surface area contributed by atoms with Gasteiger partial charge in [-0.1, -0.05) is 0 Å². The number of hydrogen-bond donors (Lipinski definition) is 1. The molecular weight excluding hydrogens is 230 g/mol. The van der Waals surface area contributed by atoms with E-state index in [4.69, 9.17) is 5.73 Å². The van der Waals surface area contributed by atoms with Gasteiger partial charge in [0.15, 0.2) is 0 Å². The smallest absolute Gasteiger partial charge is 0.0569 e. The lowest BCUT2D eigenvalue weighted by atomic mass is 10.2. The van der Waals surface area contributed by atoms with Crippen molar-refractivity contribution < 1.29 is 0 Å². The van der Waals surface area contributed by atoms with E-state index < -0.39 is 0 Å². The molecule has 3 nitrogen and oxygen atoms in total. The van der Waals surface area contributed by atoms with Gasteiger partial charge in [-0.3, -0.25) is 4.98 Å². The first kappa shape index (κ1) is 14.3. The lowest BCUT2D eigenvalue weighted by Crippen LogP contribution is -2.29. The zero-order chi connectivity index (χ0) is 12.8. The standard InChI is InChI=1S/C13H23N3S/c1-10(7-8-17-4)16(3)12-5-6-13(11(2)14)15-9-12/h5-6,9-11H,7-8,14H2,1-4H3/t10?,11-/m1/s1. The molecule has 0 aromatic carbocycles. The highest BCUT2D eigenvalue weighted by atomic mass is 32.2. The normalized spacial score (nSPS) is 14.4. The Kier molecular flexibility index (Phi) is 5.78. The second-order valence-electron chi connectivity index (χ2n) is 4.47. The van der Waals surface area contributed by atoms with Gasteiger partial charge in [0.05, 0.1) is 17.6 Å². The quantitative estimate of drug-likeness (QED) is 0.846.